The fourth-order valence-corrected chi connectivity index (χ4v) is 3.65. The molecule has 2 N–H and O–H groups in total. The second-order valence-corrected chi connectivity index (χ2v) is 8.56. The molecule has 0 aromatic rings. The molecule has 0 bridgehead atoms. The molecule has 0 aliphatic heterocycles. The van der Waals surface area contributed by atoms with Crippen LogP contribution in [0.5, 0.6) is 0 Å². The number of unbranched alkanes of at least 4 members (excludes halogenated alkanes) is 18. The number of rotatable bonds is 21. The Balaban J connectivity index is 3.11. The van der Waals surface area contributed by atoms with Crippen molar-refractivity contribution in [3.63, 3.8) is 0 Å². The van der Waals surface area contributed by atoms with E-state index in [1.165, 1.54) is 109 Å². The van der Waals surface area contributed by atoms with Gasteiger partial charge in [0.25, 0.3) is 0 Å². The van der Waals surface area contributed by atoms with Gasteiger partial charge in [0.2, 0.25) is 11.8 Å². The average molecular weight is 411 g/mol. The minimum atomic E-state index is -0.147. The summed E-state index contributed by atoms with van der Waals surface area (Å²) in [6, 6.07) is 0. The molecular weight excluding hydrogens is 360 g/mol. The van der Waals surface area contributed by atoms with E-state index in [1.54, 1.807) is 6.92 Å². The molecule has 0 heterocycles. The van der Waals surface area contributed by atoms with Crippen molar-refractivity contribution in [2.75, 3.05) is 0 Å². The van der Waals surface area contributed by atoms with Crippen LogP contribution in [0.2, 0.25) is 0 Å². The first kappa shape index (κ1) is 27.9. The van der Waals surface area contributed by atoms with Gasteiger partial charge in [-0.05, 0) is 6.42 Å². The molecule has 0 spiro atoms. The first-order valence-corrected chi connectivity index (χ1v) is 12.8. The van der Waals surface area contributed by atoms with Gasteiger partial charge in [0, 0.05) is 12.8 Å². The monoisotopic (exact) mass is 410 g/mol. The van der Waals surface area contributed by atoms with E-state index in [-0.39, 0.29) is 11.8 Å². The van der Waals surface area contributed by atoms with Crippen molar-refractivity contribution in [1.82, 2.24) is 10.9 Å². The highest BCUT2D eigenvalue weighted by Gasteiger charge is 2.02. The summed E-state index contributed by atoms with van der Waals surface area (Å²) in [6.07, 6.45) is 26.6. The maximum absolute atomic E-state index is 11.5. The number of hydrogen-bond acceptors (Lipinski definition) is 2. The number of amides is 2. The average Bonchev–Trinajstić information content (AvgIpc) is 2.73. The van der Waals surface area contributed by atoms with Gasteiger partial charge in [0.05, 0.1) is 0 Å². The lowest BCUT2D eigenvalue weighted by Gasteiger charge is -2.06. The molecule has 0 aromatic carbocycles. The lowest BCUT2D eigenvalue weighted by Crippen LogP contribution is -2.41. The molecule has 172 valence electrons. The van der Waals surface area contributed by atoms with E-state index in [2.05, 4.69) is 17.8 Å². The smallest absolute Gasteiger partial charge is 0.238 e. The lowest BCUT2D eigenvalue weighted by molar-refractivity contribution is -0.128. The molecule has 0 fully saturated rings. The predicted octanol–water partition coefficient (Wildman–Crippen LogP) is 7.37. The third-order valence-electron chi connectivity index (χ3n) is 5.67. The molecule has 0 saturated carbocycles. The zero-order chi connectivity index (χ0) is 21.4. The highest BCUT2D eigenvalue weighted by Crippen LogP contribution is 2.14. The van der Waals surface area contributed by atoms with E-state index in [1.807, 2.05) is 0 Å². The van der Waals surface area contributed by atoms with Crippen LogP contribution < -0.4 is 10.9 Å². The SMILES string of the molecule is CCCCCCCCCCCCCCCCCCCCCC(=O)NNC(=O)CC. The van der Waals surface area contributed by atoms with Gasteiger partial charge in [-0.15, -0.1) is 0 Å². The van der Waals surface area contributed by atoms with Crippen molar-refractivity contribution in [1.29, 1.82) is 0 Å². The van der Waals surface area contributed by atoms with E-state index < -0.39 is 0 Å². The Morgan fingerprint density at radius 1 is 0.448 bits per heavy atom. The van der Waals surface area contributed by atoms with E-state index in [4.69, 9.17) is 0 Å². The number of carbonyl (C=O) groups excluding carboxylic acids is 2. The summed E-state index contributed by atoms with van der Waals surface area (Å²) in [5, 5.41) is 0. The normalized spacial score (nSPS) is 10.8. The van der Waals surface area contributed by atoms with Crippen molar-refractivity contribution >= 4 is 11.8 Å². The van der Waals surface area contributed by atoms with E-state index in [0.29, 0.717) is 12.8 Å². The van der Waals surface area contributed by atoms with Gasteiger partial charge in [-0.3, -0.25) is 20.4 Å². The molecule has 0 atom stereocenters. The molecule has 0 aliphatic rings. The van der Waals surface area contributed by atoms with Gasteiger partial charge in [0.15, 0.2) is 0 Å². The minimum absolute atomic E-state index is 0.0845. The molecule has 0 saturated heterocycles. The molecule has 2 amide bonds. The first-order chi connectivity index (χ1) is 14.2. The highest BCUT2D eigenvalue weighted by atomic mass is 16.2. The van der Waals surface area contributed by atoms with Crippen LogP contribution in [-0.4, -0.2) is 11.8 Å². The molecule has 4 nitrogen and oxygen atoms in total. The van der Waals surface area contributed by atoms with Gasteiger partial charge >= 0.3 is 0 Å². The molecule has 4 heteroatoms. The van der Waals surface area contributed by atoms with E-state index >= 15 is 0 Å². The second kappa shape index (κ2) is 23.2. The van der Waals surface area contributed by atoms with Crippen LogP contribution in [0.4, 0.5) is 0 Å². The molecule has 0 unspecified atom stereocenters. The van der Waals surface area contributed by atoms with E-state index in [0.717, 1.165) is 12.8 Å². The number of nitrogens with one attached hydrogen (secondary N) is 2. The molecule has 29 heavy (non-hydrogen) atoms. The molecule has 0 rings (SSSR count). The molecule has 0 aromatic heterocycles. The Kier molecular flexibility index (Phi) is 22.4. The van der Waals surface area contributed by atoms with Crippen LogP contribution in [-0.2, 0) is 9.59 Å². The number of hydrazine groups is 1. The predicted molar refractivity (Wildman–Crippen MR) is 125 cm³/mol. The summed E-state index contributed by atoms with van der Waals surface area (Å²) >= 11 is 0. The van der Waals surface area contributed by atoms with Crippen LogP contribution in [0.25, 0.3) is 0 Å². The van der Waals surface area contributed by atoms with Gasteiger partial charge in [-0.25, -0.2) is 0 Å². The Hall–Kier alpha value is -1.06. The number of carbonyl (C=O) groups is 2. The first-order valence-electron chi connectivity index (χ1n) is 12.8. The quantitative estimate of drug-likeness (QED) is 0.153. The Bertz CT molecular complexity index is 372. The summed E-state index contributed by atoms with van der Waals surface area (Å²) in [6.45, 7) is 4.05. The van der Waals surface area contributed by atoms with Crippen LogP contribution in [0.15, 0.2) is 0 Å². The molecule has 0 aliphatic carbocycles. The van der Waals surface area contributed by atoms with Crippen LogP contribution in [0, 0.1) is 0 Å². The maximum Gasteiger partial charge on any atom is 0.238 e. The Labute approximate surface area is 181 Å². The second-order valence-electron chi connectivity index (χ2n) is 8.56. The van der Waals surface area contributed by atoms with Crippen LogP contribution in [0.3, 0.4) is 0 Å². The maximum atomic E-state index is 11.5. The minimum Gasteiger partial charge on any atom is -0.273 e. The lowest BCUT2D eigenvalue weighted by atomic mass is 10.0. The zero-order valence-corrected chi connectivity index (χ0v) is 19.7. The van der Waals surface area contributed by atoms with Crippen molar-refractivity contribution in [3.05, 3.63) is 0 Å². The summed E-state index contributed by atoms with van der Waals surface area (Å²) in [5.41, 5.74) is 4.86. The summed E-state index contributed by atoms with van der Waals surface area (Å²) in [4.78, 5) is 22.6. The van der Waals surface area contributed by atoms with Gasteiger partial charge in [-0.2, -0.15) is 0 Å². The van der Waals surface area contributed by atoms with Crippen molar-refractivity contribution in [2.45, 2.75) is 149 Å². The van der Waals surface area contributed by atoms with Crippen molar-refractivity contribution < 1.29 is 9.59 Å². The van der Waals surface area contributed by atoms with Gasteiger partial charge in [0.1, 0.15) is 0 Å². The van der Waals surface area contributed by atoms with Gasteiger partial charge < -0.3 is 0 Å². The fourth-order valence-electron chi connectivity index (χ4n) is 3.65. The number of hydrogen-bond donors (Lipinski definition) is 2. The van der Waals surface area contributed by atoms with E-state index in [9.17, 15) is 9.59 Å². The Morgan fingerprint density at radius 2 is 0.759 bits per heavy atom. The van der Waals surface area contributed by atoms with Crippen molar-refractivity contribution in [2.24, 2.45) is 0 Å². The third-order valence-corrected chi connectivity index (χ3v) is 5.67. The zero-order valence-electron chi connectivity index (χ0n) is 19.7. The third kappa shape index (κ3) is 23.1. The fraction of sp³-hybridized carbons (Fsp3) is 0.920. The Morgan fingerprint density at radius 3 is 1.10 bits per heavy atom. The van der Waals surface area contributed by atoms with Crippen LogP contribution in [0.1, 0.15) is 149 Å². The largest absolute Gasteiger partial charge is 0.273 e. The summed E-state index contributed by atoms with van der Waals surface area (Å²) in [7, 11) is 0. The summed E-state index contributed by atoms with van der Waals surface area (Å²) in [5.74, 6) is -0.231. The van der Waals surface area contributed by atoms with Crippen molar-refractivity contribution in [3.8, 4) is 0 Å². The van der Waals surface area contributed by atoms with Crippen LogP contribution >= 0.6 is 0 Å². The topological polar surface area (TPSA) is 58.2 Å². The highest BCUT2D eigenvalue weighted by molar-refractivity contribution is 5.81. The molecular formula is C25H50N2O2. The summed E-state index contributed by atoms with van der Waals surface area (Å²) < 4.78 is 0. The van der Waals surface area contributed by atoms with Gasteiger partial charge in [-0.1, -0.05) is 129 Å². The standard InChI is InChI=1S/C25H50N2O2/c1-3-5-6-7-8-9-10-11-12-13-14-15-16-17-18-19-20-21-22-23-25(29)27-26-24(28)4-2/h3-23H2,1-2H3,(H,26,28)(H,27,29). The molecule has 0 radical (unpaired) electrons.